The first-order chi connectivity index (χ1) is 10.5. The maximum Gasteiger partial charge on any atom is 0.308 e. The minimum absolute atomic E-state index is 0.296. The van der Waals surface area contributed by atoms with Gasteiger partial charge in [-0.25, -0.2) is 0 Å². The van der Waals surface area contributed by atoms with Crippen LogP contribution in [0.1, 0.15) is 111 Å². The van der Waals surface area contributed by atoms with Crippen LogP contribution in [0.15, 0.2) is 0 Å². The zero-order valence-electron chi connectivity index (χ0n) is 15.2. The van der Waals surface area contributed by atoms with E-state index < -0.39 is 5.79 Å². The number of ether oxygens (including phenoxy) is 1. The van der Waals surface area contributed by atoms with Gasteiger partial charge >= 0.3 is 5.97 Å². The summed E-state index contributed by atoms with van der Waals surface area (Å²) < 4.78 is 4.86. The van der Waals surface area contributed by atoms with E-state index in [1.165, 1.54) is 84.5 Å². The molecule has 0 aliphatic heterocycles. The first-order valence-corrected chi connectivity index (χ1v) is 9.40. The van der Waals surface area contributed by atoms with Gasteiger partial charge in [-0.3, -0.25) is 4.79 Å². The zero-order valence-corrected chi connectivity index (χ0v) is 15.2. The smallest absolute Gasteiger partial charge is 0.308 e. The molecule has 0 aromatic carbocycles. The number of rotatable bonds is 15. The van der Waals surface area contributed by atoms with Crippen molar-refractivity contribution in [1.82, 2.24) is 0 Å². The lowest BCUT2D eigenvalue weighted by molar-refractivity contribution is -0.194. The van der Waals surface area contributed by atoms with Crippen LogP contribution in [-0.2, 0) is 9.53 Å². The van der Waals surface area contributed by atoms with Crippen molar-refractivity contribution < 1.29 is 14.6 Å². The lowest BCUT2D eigenvalue weighted by atomic mass is 10.0. The second-order valence-electron chi connectivity index (χ2n) is 6.91. The zero-order chi connectivity index (χ0) is 16.7. The molecule has 0 fully saturated rings. The molecule has 0 spiro atoms. The van der Waals surface area contributed by atoms with Gasteiger partial charge in [0.1, 0.15) is 0 Å². The molecule has 3 nitrogen and oxygen atoms in total. The van der Waals surface area contributed by atoms with E-state index >= 15 is 0 Å². The second kappa shape index (κ2) is 14.0. The van der Waals surface area contributed by atoms with E-state index in [0.29, 0.717) is 6.42 Å². The van der Waals surface area contributed by atoms with E-state index in [9.17, 15) is 9.90 Å². The van der Waals surface area contributed by atoms with Crippen molar-refractivity contribution in [2.75, 3.05) is 0 Å². The van der Waals surface area contributed by atoms with Crippen molar-refractivity contribution in [2.45, 2.75) is 116 Å². The van der Waals surface area contributed by atoms with Crippen LogP contribution in [0, 0.1) is 0 Å². The van der Waals surface area contributed by atoms with Gasteiger partial charge in [-0.05, 0) is 6.42 Å². The molecule has 0 aromatic rings. The van der Waals surface area contributed by atoms with E-state index in [0.717, 1.165) is 12.8 Å². The molecule has 0 bridgehead atoms. The third-order valence-corrected chi connectivity index (χ3v) is 3.85. The lowest BCUT2D eigenvalue weighted by Crippen LogP contribution is -2.26. The van der Waals surface area contributed by atoms with Gasteiger partial charge in [-0.2, -0.15) is 0 Å². The maximum atomic E-state index is 11.4. The van der Waals surface area contributed by atoms with Crippen LogP contribution in [-0.4, -0.2) is 16.9 Å². The monoisotopic (exact) mass is 314 g/mol. The number of carbonyl (C=O) groups excluding carboxylic acids is 1. The van der Waals surface area contributed by atoms with Crippen LogP contribution in [0.25, 0.3) is 0 Å². The fraction of sp³-hybridized carbons (Fsp3) is 0.947. The van der Waals surface area contributed by atoms with Gasteiger partial charge < -0.3 is 9.84 Å². The SMILES string of the molecule is CCCCCCCCCCCCCCCC(=O)OC(C)(C)O. The summed E-state index contributed by atoms with van der Waals surface area (Å²) in [6.07, 6.45) is 17.2. The average molecular weight is 315 g/mol. The van der Waals surface area contributed by atoms with Crippen molar-refractivity contribution in [3.8, 4) is 0 Å². The summed E-state index contributed by atoms with van der Waals surface area (Å²) in [6, 6.07) is 0. The Morgan fingerprint density at radius 3 is 1.50 bits per heavy atom. The molecule has 0 unspecified atom stereocenters. The molecular weight excluding hydrogens is 276 g/mol. The number of aliphatic hydroxyl groups is 1. The molecule has 0 aromatic heterocycles. The van der Waals surface area contributed by atoms with Crippen molar-refractivity contribution >= 4 is 5.97 Å². The predicted molar refractivity (Wildman–Crippen MR) is 92.7 cm³/mol. The maximum absolute atomic E-state index is 11.4. The quantitative estimate of drug-likeness (QED) is 0.238. The van der Waals surface area contributed by atoms with Crippen LogP contribution in [0.2, 0.25) is 0 Å². The molecule has 132 valence electrons. The average Bonchev–Trinajstić information content (AvgIpc) is 2.42. The Morgan fingerprint density at radius 2 is 1.14 bits per heavy atom. The van der Waals surface area contributed by atoms with E-state index in [2.05, 4.69) is 6.92 Å². The predicted octanol–water partition coefficient (Wildman–Crippen LogP) is 5.74. The highest BCUT2D eigenvalue weighted by atomic mass is 16.7. The van der Waals surface area contributed by atoms with Gasteiger partial charge in [0, 0.05) is 20.3 Å². The van der Waals surface area contributed by atoms with E-state index in [1.54, 1.807) is 0 Å². The Kier molecular flexibility index (Phi) is 13.7. The highest BCUT2D eigenvalue weighted by Gasteiger charge is 2.17. The van der Waals surface area contributed by atoms with Crippen LogP contribution >= 0.6 is 0 Å². The Bertz CT molecular complexity index is 256. The summed E-state index contributed by atoms with van der Waals surface area (Å²) in [4.78, 5) is 11.4. The third-order valence-electron chi connectivity index (χ3n) is 3.85. The fourth-order valence-corrected chi connectivity index (χ4v) is 2.62. The van der Waals surface area contributed by atoms with Crippen LogP contribution in [0.4, 0.5) is 0 Å². The van der Waals surface area contributed by atoms with Gasteiger partial charge in [-0.15, -0.1) is 0 Å². The molecule has 0 rings (SSSR count). The minimum atomic E-state index is -1.34. The first kappa shape index (κ1) is 21.4. The third kappa shape index (κ3) is 17.5. The van der Waals surface area contributed by atoms with E-state index in [1.807, 2.05) is 0 Å². The Morgan fingerprint density at radius 1 is 0.773 bits per heavy atom. The summed E-state index contributed by atoms with van der Waals surface area (Å²) in [6.45, 7) is 5.22. The lowest BCUT2D eigenvalue weighted by Gasteiger charge is -2.17. The molecule has 0 radical (unpaired) electrons. The molecule has 0 saturated heterocycles. The van der Waals surface area contributed by atoms with Crippen molar-refractivity contribution in [3.63, 3.8) is 0 Å². The van der Waals surface area contributed by atoms with Gasteiger partial charge in [-0.1, -0.05) is 84.0 Å². The summed E-state index contributed by atoms with van der Waals surface area (Å²) in [5.74, 6) is -1.64. The number of unbranched alkanes of at least 4 members (excludes halogenated alkanes) is 12. The molecule has 0 heterocycles. The van der Waals surface area contributed by atoms with Crippen LogP contribution in [0.5, 0.6) is 0 Å². The Hall–Kier alpha value is -0.570. The summed E-state index contributed by atoms with van der Waals surface area (Å²) in [5, 5.41) is 9.35. The van der Waals surface area contributed by atoms with Gasteiger partial charge in [0.25, 0.3) is 0 Å². The minimum Gasteiger partial charge on any atom is -0.434 e. The molecule has 0 aliphatic rings. The molecule has 22 heavy (non-hydrogen) atoms. The van der Waals surface area contributed by atoms with Crippen LogP contribution < -0.4 is 0 Å². The number of esters is 1. The highest BCUT2D eigenvalue weighted by Crippen LogP contribution is 2.13. The second-order valence-corrected chi connectivity index (χ2v) is 6.91. The molecule has 0 saturated carbocycles. The Labute approximate surface area is 137 Å². The molecule has 3 heteroatoms. The first-order valence-electron chi connectivity index (χ1n) is 9.40. The standard InChI is InChI=1S/C19H38O3/c1-4-5-6-7-8-9-10-11-12-13-14-15-16-17-18(20)22-19(2,3)21/h21H,4-17H2,1-3H3. The molecule has 1 N–H and O–H groups in total. The van der Waals surface area contributed by atoms with Gasteiger partial charge in [0.2, 0.25) is 5.79 Å². The molecule has 0 aliphatic carbocycles. The van der Waals surface area contributed by atoms with Crippen molar-refractivity contribution in [3.05, 3.63) is 0 Å². The summed E-state index contributed by atoms with van der Waals surface area (Å²) in [7, 11) is 0. The van der Waals surface area contributed by atoms with Crippen LogP contribution in [0.3, 0.4) is 0 Å². The molecular formula is C19H38O3. The van der Waals surface area contributed by atoms with Crippen molar-refractivity contribution in [1.29, 1.82) is 0 Å². The fourth-order valence-electron chi connectivity index (χ4n) is 2.62. The number of hydrogen-bond donors (Lipinski definition) is 1. The summed E-state index contributed by atoms with van der Waals surface area (Å²) >= 11 is 0. The normalized spacial score (nSPS) is 11.6. The number of carbonyl (C=O) groups is 1. The Balaban J connectivity index is 3.16. The number of hydrogen-bond acceptors (Lipinski definition) is 3. The molecule has 0 atom stereocenters. The summed E-state index contributed by atoms with van der Waals surface area (Å²) in [5.41, 5.74) is 0. The van der Waals surface area contributed by atoms with E-state index in [4.69, 9.17) is 4.74 Å². The molecule has 0 amide bonds. The largest absolute Gasteiger partial charge is 0.434 e. The topological polar surface area (TPSA) is 46.5 Å². The van der Waals surface area contributed by atoms with Crippen molar-refractivity contribution in [2.24, 2.45) is 0 Å². The van der Waals surface area contributed by atoms with E-state index in [-0.39, 0.29) is 5.97 Å². The van der Waals surface area contributed by atoms with Gasteiger partial charge in [0.15, 0.2) is 0 Å². The highest BCUT2D eigenvalue weighted by molar-refractivity contribution is 5.69. The van der Waals surface area contributed by atoms with Gasteiger partial charge in [0.05, 0.1) is 0 Å².